The van der Waals surface area contributed by atoms with Crippen molar-refractivity contribution >= 4 is 22.2 Å². The van der Waals surface area contributed by atoms with Crippen molar-refractivity contribution < 1.29 is 9.90 Å². The molecule has 0 aliphatic carbocycles. The first-order chi connectivity index (χ1) is 9.71. The average molecular weight is 309 g/mol. The van der Waals surface area contributed by atoms with E-state index in [1.165, 1.54) is 21.9 Å². The second-order valence-electron chi connectivity index (χ2n) is 6.06. The summed E-state index contributed by atoms with van der Waals surface area (Å²) in [4.78, 5) is 29.1. The van der Waals surface area contributed by atoms with Crippen LogP contribution in [0.2, 0.25) is 0 Å². The van der Waals surface area contributed by atoms with E-state index in [4.69, 9.17) is 0 Å². The van der Waals surface area contributed by atoms with Crippen molar-refractivity contribution in [3.8, 4) is 0 Å². The van der Waals surface area contributed by atoms with Crippen LogP contribution in [0.25, 0.3) is 4.96 Å². The molecule has 7 heteroatoms. The van der Waals surface area contributed by atoms with Gasteiger partial charge in [0.05, 0.1) is 6.10 Å². The molecule has 2 aromatic rings. The minimum absolute atomic E-state index is 0.0184. The lowest BCUT2D eigenvalue weighted by Crippen LogP contribution is -2.41. The van der Waals surface area contributed by atoms with E-state index in [0.29, 0.717) is 4.96 Å². The van der Waals surface area contributed by atoms with Crippen LogP contribution in [0.3, 0.4) is 0 Å². The lowest BCUT2D eigenvalue weighted by atomic mass is 9.89. The molecule has 2 heterocycles. The number of hydrogen-bond donors (Lipinski definition) is 2. The molecule has 0 spiro atoms. The Morgan fingerprint density at radius 3 is 2.81 bits per heavy atom. The number of nitrogens with one attached hydrogen (secondary N) is 1. The third-order valence-corrected chi connectivity index (χ3v) is 4.27. The van der Waals surface area contributed by atoms with Crippen molar-refractivity contribution in [1.82, 2.24) is 14.7 Å². The van der Waals surface area contributed by atoms with E-state index in [9.17, 15) is 14.7 Å². The average Bonchev–Trinajstić information content (AvgIpc) is 2.77. The molecule has 1 atom stereocenters. The zero-order valence-corrected chi connectivity index (χ0v) is 13.3. The largest absolute Gasteiger partial charge is 0.391 e. The Balaban J connectivity index is 2.22. The zero-order valence-electron chi connectivity index (χ0n) is 12.5. The fraction of sp³-hybridized carbons (Fsp3) is 0.500. The van der Waals surface area contributed by atoms with Crippen LogP contribution in [0.5, 0.6) is 0 Å². The fourth-order valence-electron chi connectivity index (χ4n) is 1.77. The Kier molecular flexibility index (Phi) is 4.15. The zero-order chi connectivity index (χ0) is 15.8. The van der Waals surface area contributed by atoms with Crippen LogP contribution < -0.4 is 10.9 Å². The summed E-state index contributed by atoms with van der Waals surface area (Å²) in [5.74, 6) is -0.518. The smallest absolute Gasteiger partial charge is 0.271 e. The normalized spacial score (nSPS) is 13.4. The van der Waals surface area contributed by atoms with E-state index < -0.39 is 12.0 Å². The highest BCUT2D eigenvalue weighted by Crippen LogP contribution is 2.18. The third-order valence-electron chi connectivity index (χ3n) is 3.32. The maximum Gasteiger partial charge on any atom is 0.271 e. The van der Waals surface area contributed by atoms with Gasteiger partial charge >= 0.3 is 0 Å². The van der Waals surface area contributed by atoms with E-state index in [0.717, 1.165) is 5.69 Å². The highest BCUT2D eigenvalue weighted by molar-refractivity contribution is 7.15. The molecule has 114 valence electrons. The number of carbonyl (C=O) groups is 1. The minimum Gasteiger partial charge on any atom is -0.391 e. The van der Waals surface area contributed by atoms with Crippen molar-refractivity contribution in [2.75, 3.05) is 6.54 Å². The topological polar surface area (TPSA) is 83.7 Å². The molecule has 2 rings (SSSR count). The van der Waals surface area contributed by atoms with Gasteiger partial charge in [0.1, 0.15) is 5.56 Å². The predicted molar refractivity (Wildman–Crippen MR) is 81.9 cm³/mol. The van der Waals surface area contributed by atoms with Crippen molar-refractivity contribution in [3.63, 3.8) is 0 Å². The molecular formula is C14H19N3O3S. The quantitative estimate of drug-likeness (QED) is 0.892. The third kappa shape index (κ3) is 3.14. The highest BCUT2D eigenvalue weighted by Gasteiger charge is 2.23. The van der Waals surface area contributed by atoms with Crippen LogP contribution in [0.1, 0.15) is 36.8 Å². The first kappa shape index (κ1) is 15.7. The van der Waals surface area contributed by atoms with E-state index >= 15 is 0 Å². The number of aromatic nitrogens is 2. The molecule has 0 fully saturated rings. The number of carbonyl (C=O) groups excluding carboxylic acids is 1. The molecule has 0 aromatic carbocycles. The SMILES string of the molecule is Cc1csc2ncc(C(=O)NCC(O)C(C)(C)C)c(=O)n12. The Bertz CT molecular complexity index is 727. The summed E-state index contributed by atoms with van der Waals surface area (Å²) < 4.78 is 1.42. The lowest BCUT2D eigenvalue weighted by Gasteiger charge is -2.25. The van der Waals surface area contributed by atoms with Gasteiger partial charge in [-0.25, -0.2) is 4.98 Å². The van der Waals surface area contributed by atoms with Crippen molar-refractivity contribution in [2.24, 2.45) is 5.41 Å². The number of fused-ring (bicyclic) bond motifs is 1. The lowest BCUT2D eigenvalue weighted by molar-refractivity contribution is 0.0586. The molecule has 2 N–H and O–H groups in total. The van der Waals surface area contributed by atoms with E-state index in [2.05, 4.69) is 10.3 Å². The summed E-state index contributed by atoms with van der Waals surface area (Å²) in [6.07, 6.45) is 0.593. The van der Waals surface area contributed by atoms with Gasteiger partial charge in [0.2, 0.25) is 0 Å². The summed E-state index contributed by atoms with van der Waals surface area (Å²) in [6, 6.07) is 0. The number of aliphatic hydroxyl groups excluding tert-OH is 1. The number of nitrogens with zero attached hydrogens (tertiary/aromatic N) is 2. The fourth-order valence-corrected chi connectivity index (χ4v) is 2.60. The van der Waals surface area contributed by atoms with Gasteiger partial charge in [-0.3, -0.25) is 14.0 Å². The Morgan fingerprint density at radius 1 is 1.52 bits per heavy atom. The van der Waals surface area contributed by atoms with Crippen molar-refractivity contribution in [3.05, 3.63) is 33.2 Å². The van der Waals surface area contributed by atoms with Gasteiger partial charge in [0.15, 0.2) is 4.96 Å². The van der Waals surface area contributed by atoms with Gasteiger partial charge in [0.25, 0.3) is 11.5 Å². The Hall–Kier alpha value is -1.73. The first-order valence-electron chi connectivity index (χ1n) is 6.64. The highest BCUT2D eigenvalue weighted by atomic mass is 32.1. The Labute approximate surface area is 126 Å². The first-order valence-corrected chi connectivity index (χ1v) is 7.52. The molecule has 6 nitrogen and oxygen atoms in total. The van der Waals surface area contributed by atoms with Crippen LogP contribution in [-0.4, -0.2) is 33.0 Å². The summed E-state index contributed by atoms with van der Waals surface area (Å²) in [6.45, 7) is 7.51. The van der Waals surface area contributed by atoms with E-state index in [1.54, 1.807) is 6.92 Å². The van der Waals surface area contributed by atoms with Gasteiger partial charge in [-0.2, -0.15) is 0 Å². The molecule has 0 aliphatic rings. The van der Waals surface area contributed by atoms with Crippen LogP contribution >= 0.6 is 11.3 Å². The van der Waals surface area contributed by atoms with Crippen molar-refractivity contribution in [1.29, 1.82) is 0 Å². The number of thiazole rings is 1. The van der Waals surface area contributed by atoms with Crippen LogP contribution in [0.4, 0.5) is 0 Å². The molecule has 21 heavy (non-hydrogen) atoms. The van der Waals surface area contributed by atoms with Gasteiger partial charge in [-0.15, -0.1) is 11.3 Å². The van der Waals surface area contributed by atoms with Gasteiger partial charge in [-0.1, -0.05) is 20.8 Å². The molecule has 0 saturated carbocycles. The molecule has 0 bridgehead atoms. The minimum atomic E-state index is -0.691. The van der Waals surface area contributed by atoms with Gasteiger partial charge in [0, 0.05) is 23.8 Å². The number of amides is 1. The summed E-state index contributed by atoms with van der Waals surface area (Å²) in [7, 11) is 0. The summed E-state index contributed by atoms with van der Waals surface area (Å²) >= 11 is 1.35. The van der Waals surface area contributed by atoms with Gasteiger partial charge in [-0.05, 0) is 12.3 Å². The van der Waals surface area contributed by atoms with Crippen LogP contribution in [0.15, 0.2) is 16.4 Å². The predicted octanol–water partition coefficient (Wildman–Crippen LogP) is 1.20. The van der Waals surface area contributed by atoms with E-state index in [-0.39, 0.29) is 23.1 Å². The molecule has 0 aliphatic heterocycles. The van der Waals surface area contributed by atoms with Crippen LogP contribution in [0, 0.1) is 12.3 Å². The number of aryl methyl sites for hydroxylation is 1. The molecule has 0 saturated heterocycles. The Morgan fingerprint density at radius 2 is 2.19 bits per heavy atom. The second-order valence-corrected chi connectivity index (χ2v) is 6.90. The number of aliphatic hydroxyl groups is 1. The van der Waals surface area contributed by atoms with Gasteiger partial charge < -0.3 is 10.4 Å². The maximum absolute atomic E-state index is 12.3. The monoisotopic (exact) mass is 309 g/mol. The van der Waals surface area contributed by atoms with E-state index in [1.807, 2.05) is 26.2 Å². The second kappa shape index (κ2) is 5.57. The standard InChI is InChI=1S/C14H19N3O3S/c1-8-7-21-13-16-5-9(12(20)17(8)13)11(19)15-6-10(18)14(2,3)4/h5,7,10,18H,6H2,1-4H3,(H,15,19). The summed E-state index contributed by atoms with van der Waals surface area (Å²) in [5.41, 5.74) is 0.00237. The maximum atomic E-state index is 12.3. The molecule has 0 radical (unpaired) electrons. The number of rotatable bonds is 3. The molecule has 1 unspecified atom stereocenters. The van der Waals surface area contributed by atoms with Crippen molar-refractivity contribution in [2.45, 2.75) is 33.8 Å². The molecular weight excluding hydrogens is 290 g/mol. The number of hydrogen-bond acceptors (Lipinski definition) is 5. The summed E-state index contributed by atoms with van der Waals surface area (Å²) in [5, 5.41) is 14.3. The molecule has 2 aromatic heterocycles. The molecule has 1 amide bonds. The van der Waals surface area contributed by atoms with Crippen LogP contribution in [-0.2, 0) is 0 Å².